The maximum absolute atomic E-state index is 9.21. The van der Waals surface area contributed by atoms with E-state index in [4.69, 9.17) is 0 Å². The topological polar surface area (TPSA) is 35.5 Å². The molecule has 1 unspecified atom stereocenters. The largest absolute Gasteiger partial charge is 0.394 e. The average molecular weight is 236 g/mol. The number of para-hydroxylation sites is 1. The van der Waals surface area contributed by atoms with E-state index in [-0.39, 0.29) is 12.6 Å². The van der Waals surface area contributed by atoms with Crippen molar-refractivity contribution >= 4 is 5.69 Å². The van der Waals surface area contributed by atoms with Gasteiger partial charge in [0.15, 0.2) is 0 Å². The molecule has 96 valence electrons. The van der Waals surface area contributed by atoms with Crippen molar-refractivity contribution in [2.75, 3.05) is 25.1 Å². The molecule has 0 saturated carbocycles. The molecule has 0 aromatic heterocycles. The Morgan fingerprint density at radius 2 is 2.06 bits per heavy atom. The number of nitrogens with one attached hydrogen (secondary N) is 1. The van der Waals surface area contributed by atoms with E-state index in [1.807, 2.05) is 20.0 Å². The number of nitrogens with zero attached hydrogens (tertiary/aromatic N) is 1. The SMILES string of the molecule is CCCNCc1ccccc1N(C)C(C)CO. The molecule has 1 rings (SSSR count). The normalized spacial score (nSPS) is 12.5. The number of hydrogen-bond acceptors (Lipinski definition) is 3. The van der Waals surface area contributed by atoms with E-state index < -0.39 is 0 Å². The fraction of sp³-hybridized carbons (Fsp3) is 0.571. The van der Waals surface area contributed by atoms with Gasteiger partial charge in [-0.3, -0.25) is 0 Å². The van der Waals surface area contributed by atoms with Crippen molar-refractivity contribution in [1.82, 2.24) is 5.32 Å². The lowest BCUT2D eigenvalue weighted by Crippen LogP contribution is -2.33. The van der Waals surface area contributed by atoms with Gasteiger partial charge in [-0.1, -0.05) is 25.1 Å². The number of aliphatic hydroxyl groups excluding tert-OH is 1. The van der Waals surface area contributed by atoms with E-state index >= 15 is 0 Å². The molecular formula is C14H24N2O. The van der Waals surface area contributed by atoms with Crippen LogP contribution >= 0.6 is 0 Å². The average Bonchev–Trinajstić information content (AvgIpc) is 2.38. The van der Waals surface area contributed by atoms with Gasteiger partial charge in [-0.15, -0.1) is 0 Å². The van der Waals surface area contributed by atoms with Crippen LogP contribution in [-0.4, -0.2) is 31.3 Å². The molecule has 0 aliphatic heterocycles. The minimum atomic E-state index is 0.141. The first kappa shape index (κ1) is 14.0. The van der Waals surface area contributed by atoms with Crippen LogP contribution in [0, 0.1) is 0 Å². The predicted octanol–water partition coefficient (Wildman–Crippen LogP) is 2.00. The number of anilines is 1. The molecule has 3 nitrogen and oxygen atoms in total. The van der Waals surface area contributed by atoms with Gasteiger partial charge in [0.1, 0.15) is 0 Å². The van der Waals surface area contributed by atoms with Gasteiger partial charge < -0.3 is 15.3 Å². The maximum Gasteiger partial charge on any atom is 0.0632 e. The second kappa shape index (κ2) is 7.30. The first-order chi connectivity index (χ1) is 8.20. The summed E-state index contributed by atoms with van der Waals surface area (Å²) >= 11 is 0. The molecule has 0 bridgehead atoms. The van der Waals surface area contributed by atoms with Gasteiger partial charge in [0, 0.05) is 25.3 Å². The summed E-state index contributed by atoms with van der Waals surface area (Å²) in [5, 5.41) is 12.6. The third kappa shape index (κ3) is 4.02. The fourth-order valence-corrected chi connectivity index (χ4v) is 1.76. The first-order valence-electron chi connectivity index (χ1n) is 6.33. The van der Waals surface area contributed by atoms with Gasteiger partial charge in [0.25, 0.3) is 0 Å². The smallest absolute Gasteiger partial charge is 0.0632 e. The van der Waals surface area contributed by atoms with Crippen LogP contribution in [0.4, 0.5) is 5.69 Å². The van der Waals surface area contributed by atoms with Crippen LogP contribution in [-0.2, 0) is 6.54 Å². The highest BCUT2D eigenvalue weighted by molar-refractivity contribution is 5.53. The van der Waals surface area contributed by atoms with Crippen LogP contribution in [0.3, 0.4) is 0 Å². The van der Waals surface area contributed by atoms with Gasteiger partial charge in [-0.25, -0.2) is 0 Å². The molecule has 0 spiro atoms. The molecule has 0 fully saturated rings. The molecular weight excluding hydrogens is 212 g/mol. The number of rotatable bonds is 7. The summed E-state index contributed by atoms with van der Waals surface area (Å²) in [6.07, 6.45) is 1.14. The third-order valence-corrected chi connectivity index (χ3v) is 3.04. The molecule has 3 heteroatoms. The minimum absolute atomic E-state index is 0.141. The summed E-state index contributed by atoms with van der Waals surface area (Å²) in [6.45, 7) is 6.28. The number of benzene rings is 1. The molecule has 0 aliphatic carbocycles. The molecule has 0 heterocycles. The highest BCUT2D eigenvalue weighted by Crippen LogP contribution is 2.20. The van der Waals surface area contributed by atoms with Crippen LogP contribution in [0.25, 0.3) is 0 Å². The molecule has 0 saturated heterocycles. The van der Waals surface area contributed by atoms with Crippen LogP contribution in [0.1, 0.15) is 25.8 Å². The summed E-state index contributed by atoms with van der Waals surface area (Å²) in [4.78, 5) is 2.13. The first-order valence-corrected chi connectivity index (χ1v) is 6.33. The zero-order valence-electron chi connectivity index (χ0n) is 11.1. The monoisotopic (exact) mass is 236 g/mol. The highest BCUT2D eigenvalue weighted by Gasteiger charge is 2.11. The standard InChI is InChI=1S/C14H24N2O/c1-4-9-15-10-13-7-5-6-8-14(13)16(3)12(2)11-17/h5-8,12,15,17H,4,9-11H2,1-3H3. The Kier molecular flexibility index (Phi) is 6.01. The van der Waals surface area contributed by atoms with Crippen LogP contribution in [0.15, 0.2) is 24.3 Å². The third-order valence-electron chi connectivity index (χ3n) is 3.04. The van der Waals surface area contributed by atoms with Crippen molar-refractivity contribution in [3.8, 4) is 0 Å². The van der Waals surface area contributed by atoms with Gasteiger partial charge in [-0.05, 0) is 31.5 Å². The maximum atomic E-state index is 9.21. The Morgan fingerprint density at radius 3 is 2.71 bits per heavy atom. The highest BCUT2D eigenvalue weighted by atomic mass is 16.3. The van der Waals surface area contributed by atoms with E-state index in [1.165, 1.54) is 11.3 Å². The zero-order valence-corrected chi connectivity index (χ0v) is 11.1. The number of aliphatic hydroxyl groups is 1. The number of hydrogen-bond donors (Lipinski definition) is 2. The summed E-state index contributed by atoms with van der Waals surface area (Å²) < 4.78 is 0. The fourth-order valence-electron chi connectivity index (χ4n) is 1.76. The van der Waals surface area contributed by atoms with Crippen molar-refractivity contribution in [1.29, 1.82) is 0 Å². The van der Waals surface area contributed by atoms with E-state index in [0.29, 0.717) is 0 Å². The van der Waals surface area contributed by atoms with Gasteiger partial charge in [0.2, 0.25) is 0 Å². The van der Waals surface area contributed by atoms with Crippen molar-refractivity contribution in [2.24, 2.45) is 0 Å². The molecule has 1 atom stereocenters. The quantitative estimate of drug-likeness (QED) is 0.711. The van der Waals surface area contributed by atoms with Crippen LogP contribution < -0.4 is 10.2 Å². The lowest BCUT2D eigenvalue weighted by Gasteiger charge is -2.27. The van der Waals surface area contributed by atoms with E-state index in [9.17, 15) is 5.11 Å². The van der Waals surface area contributed by atoms with Gasteiger partial charge in [0.05, 0.1) is 6.61 Å². The zero-order chi connectivity index (χ0) is 12.7. The summed E-state index contributed by atoms with van der Waals surface area (Å²) in [5.74, 6) is 0. The van der Waals surface area contributed by atoms with Crippen molar-refractivity contribution in [2.45, 2.75) is 32.9 Å². The van der Waals surface area contributed by atoms with Crippen molar-refractivity contribution in [3.05, 3.63) is 29.8 Å². The predicted molar refractivity (Wildman–Crippen MR) is 73.4 cm³/mol. The minimum Gasteiger partial charge on any atom is -0.394 e. The second-order valence-electron chi connectivity index (χ2n) is 4.45. The molecule has 0 radical (unpaired) electrons. The Morgan fingerprint density at radius 1 is 1.35 bits per heavy atom. The molecule has 1 aromatic rings. The lowest BCUT2D eigenvalue weighted by atomic mass is 10.1. The summed E-state index contributed by atoms with van der Waals surface area (Å²) in [6, 6.07) is 8.49. The Labute approximate surface area is 104 Å². The Hall–Kier alpha value is -1.06. The van der Waals surface area contributed by atoms with Gasteiger partial charge in [-0.2, -0.15) is 0 Å². The Bertz CT molecular complexity index is 328. The second-order valence-corrected chi connectivity index (χ2v) is 4.45. The van der Waals surface area contributed by atoms with Crippen molar-refractivity contribution < 1.29 is 5.11 Å². The van der Waals surface area contributed by atoms with Crippen LogP contribution in [0.5, 0.6) is 0 Å². The van der Waals surface area contributed by atoms with E-state index in [2.05, 4.69) is 35.3 Å². The van der Waals surface area contributed by atoms with E-state index in [1.54, 1.807) is 0 Å². The van der Waals surface area contributed by atoms with E-state index in [0.717, 1.165) is 19.5 Å². The van der Waals surface area contributed by atoms with Crippen molar-refractivity contribution in [3.63, 3.8) is 0 Å². The number of likely N-dealkylation sites (N-methyl/N-ethyl adjacent to an activating group) is 1. The molecule has 0 aliphatic rings. The Balaban J connectivity index is 2.76. The summed E-state index contributed by atoms with van der Waals surface area (Å²) in [7, 11) is 2.03. The molecule has 1 aromatic carbocycles. The van der Waals surface area contributed by atoms with Gasteiger partial charge >= 0.3 is 0 Å². The summed E-state index contributed by atoms with van der Waals surface area (Å²) in [5.41, 5.74) is 2.47. The molecule has 17 heavy (non-hydrogen) atoms. The molecule has 0 amide bonds. The van der Waals surface area contributed by atoms with Crippen LogP contribution in [0.2, 0.25) is 0 Å². The lowest BCUT2D eigenvalue weighted by molar-refractivity contribution is 0.270. The molecule has 2 N–H and O–H groups in total.